The summed E-state index contributed by atoms with van der Waals surface area (Å²) in [5.74, 6) is 0. The molecule has 1 heterocycles. The van der Waals surface area contributed by atoms with Crippen molar-refractivity contribution in [1.29, 1.82) is 0 Å². The molecule has 0 spiro atoms. The van der Waals surface area contributed by atoms with Crippen molar-refractivity contribution in [2.45, 2.75) is 17.9 Å². The molecule has 2 aromatic carbocycles. The smallest absolute Gasteiger partial charge is 0.346 e. The highest BCUT2D eigenvalue weighted by Gasteiger charge is 2.74. The van der Waals surface area contributed by atoms with Crippen LogP contribution in [0, 0.1) is 0 Å². The minimum absolute atomic E-state index is 0.149. The third-order valence-electron chi connectivity index (χ3n) is 3.34. The second kappa shape index (κ2) is 4.10. The Kier molecular flexibility index (Phi) is 2.64. The largest absolute Gasteiger partial charge is 0.424 e. The molecule has 1 nitrogen and oxygen atoms in total. The van der Waals surface area contributed by atoms with Crippen LogP contribution < -0.4 is 0 Å². The van der Waals surface area contributed by atoms with Gasteiger partial charge in [-0.2, -0.15) is 13.2 Å². The molecule has 1 saturated heterocycles. The molecule has 98 valence electrons. The predicted molar refractivity (Wildman–Crippen MR) is 64.4 cm³/mol. The lowest BCUT2D eigenvalue weighted by atomic mass is 9.91. The molecule has 4 heteroatoms. The topological polar surface area (TPSA) is 12.5 Å². The molecule has 1 fully saturated rings. The van der Waals surface area contributed by atoms with E-state index in [2.05, 4.69) is 0 Å². The number of halogens is 3. The number of rotatable bonds is 2. The summed E-state index contributed by atoms with van der Waals surface area (Å²) in [7, 11) is 0. The lowest BCUT2D eigenvalue weighted by Gasteiger charge is -2.17. The van der Waals surface area contributed by atoms with E-state index in [0.29, 0.717) is 5.56 Å². The first-order valence-electron chi connectivity index (χ1n) is 5.91. The quantitative estimate of drug-likeness (QED) is 0.740. The van der Waals surface area contributed by atoms with E-state index >= 15 is 0 Å². The van der Waals surface area contributed by atoms with E-state index in [9.17, 15) is 13.2 Å². The van der Waals surface area contributed by atoms with E-state index in [4.69, 9.17) is 4.74 Å². The van der Waals surface area contributed by atoms with Gasteiger partial charge in [0.2, 0.25) is 5.60 Å². The van der Waals surface area contributed by atoms with Crippen LogP contribution in [0.5, 0.6) is 0 Å². The maximum absolute atomic E-state index is 13.4. The Balaban J connectivity index is 2.04. The molecule has 0 radical (unpaired) electrons. The summed E-state index contributed by atoms with van der Waals surface area (Å²) in [6.45, 7) is 0. The lowest BCUT2D eigenvalue weighted by molar-refractivity contribution is -0.187. The Labute approximate surface area is 108 Å². The van der Waals surface area contributed by atoms with Crippen molar-refractivity contribution >= 4 is 0 Å². The lowest BCUT2D eigenvalue weighted by Crippen LogP contribution is -2.31. The Morgan fingerprint density at radius 1 is 0.842 bits per heavy atom. The second-order valence-electron chi connectivity index (χ2n) is 4.51. The van der Waals surface area contributed by atoms with Gasteiger partial charge in [-0.1, -0.05) is 60.7 Å². The summed E-state index contributed by atoms with van der Waals surface area (Å²) in [4.78, 5) is 0. The zero-order chi connectivity index (χ0) is 13.5. The van der Waals surface area contributed by atoms with Gasteiger partial charge in [0, 0.05) is 0 Å². The molecule has 2 atom stereocenters. The van der Waals surface area contributed by atoms with Crippen LogP contribution in [0.1, 0.15) is 17.2 Å². The number of epoxide rings is 1. The molecule has 0 aliphatic carbocycles. The number of alkyl halides is 3. The molecule has 19 heavy (non-hydrogen) atoms. The zero-order valence-electron chi connectivity index (χ0n) is 9.89. The highest BCUT2D eigenvalue weighted by Crippen LogP contribution is 2.64. The number of hydrogen-bond acceptors (Lipinski definition) is 1. The molecule has 3 rings (SSSR count). The summed E-state index contributed by atoms with van der Waals surface area (Å²) < 4.78 is 45.3. The minimum Gasteiger partial charge on any atom is -0.346 e. The molecule has 1 aliphatic rings. The van der Waals surface area contributed by atoms with E-state index in [-0.39, 0.29) is 5.56 Å². The average molecular weight is 264 g/mol. The third kappa shape index (κ3) is 1.83. The fraction of sp³-hybridized carbons (Fsp3) is 0.200. The summed E-state index contributed by atoms with van der Waals surface area (Å²) in [5.41, 5.74) is -1.50. The SMILES string of the molecule is FC(F)(F)C1(c2ccccc2)OC1c1ccccc1. The summed E-state index contributed by atoms with van der Waals surface area (Å²) in [6.07, 6.45) is -5.40. The van der Waals surface area contributed by atoms with Crippen LogP contribution in [0.15, 0.2) is 60.7 Å². The molecular formula is C15H11F3O. The molecule has 0 N–H and O–H groups in total. The van der Waals surface area contributed by atoms with Crippen LogP contribution in [-0.4, -0.2) is 6.18 Å². The molecule has 2 unspecified atom stereocenters. The van der Waals surface area contributed by atoms with Gasteiger partial charge in [-0.25, -0.2) is 0 Å². The summed E-state index contributed by atoms with van der Waals surface area (Å²) in [6, 6.07) is 16.3. The number of benzene rings is 2. The molecule has 0 amide bonds. The minimum atomic E-state index is -4.44. The maximum atomic E-state index is 13.4. The van der Waals surface area contributed by atoms with Crippen LogP contribution in [-0.2, 0) is 10.3 Å². The summed E-state index contributed by atoms with van der Waals surface area (Å²) >= 11 is 0. The maximum Gasteiger partial charge on any atom is 0.424 e. The zero-order valence-corrected chi connectivity index (χ0v) is 9.89. The number of ether oxygens (including phenoxy) is 1. The Morgan fingerprint density at radius 3 is 1.89 bits per heavy atom. The molecule has 0 aromatic heterocycles. The predicted octanol–water partition coefficient (Wildman–Crippen LogP) is 4.22. The van der Waals surface area contributed by atoms with E-state index in [1.54, 1.807) is 48.5 Å². The van der Waals surface area contributed by atoms with Gasteiger partial charge in [-0.05, 0) is 11.1 Å². The van der Waals surface area contributed by atoms with Gasteiger partial charge in [0.1, 0.15) is 6.10 Å². The van der Waals surface area contributed by atoms with Gasteiger partial charge >= 0.3 is 6.18 Å². The van der Waals surface area contributed by atoms with Gasteiger partial charge in [0.05, 0.1) is 0 Å². The monoisotopic (exact) mass is 264 g/mol. The van der Waals surface area contributed by atoms with Crippen molar-refractivity contribution in [3.8, 4) is 0 Å². The number of hydrogen-bond donors (Lipinski definition) is 0. The van der Waals surface area contributed by atoms with Crippen LogP contribution in [0.25, 0.3) is 0 Å². The standard InChI is InChI=1S/C15H11F3O/c16-15(17,18)14(12-9-5-2-6-10-12)13(19-14)11-7-3-1-4-8-11/h1-10,13H. The van der Waals surface area contributed by atoms with Gasteiger partial charge in [0.25, 0.3) is 0 Å². The highest BCUT2D eigenvalue weighted by molar-refractivity contribution is 5.37. The third-order valence-corrected chi connectivity index (χ3v) is 3.34. The van der Waals surface area contributed by atoms with Crippen LogP contribution in [0.2, 0.25) is 0 Å². The second-order valence-corrected chi connectivity index (χ2v) is 4.51. The fourth-order valence-corrected chi connectivity index (χ4v) is 2.37. The van der Waals surface area contributed by atoms with Crippen LogP contribution in [0.4, 0.5) is 13.2 Å². The normalized spacial score (nSPS) is 26.2. The van der Waals surface area contributed by atoms with Crippen molar-refractivity contribution in [3.05, 3.63) is 71.8 Å². The van der Waals surface area contributed by atoms with Gasteiger partial charge < -0.3 is 4.74 Å². The summed E-state index contributed by atoms with van der Waals surface area (Å²) in [5, 5.41) is 0. The Bertz CT molecular complexity index is 565. The van der Waals surface area contributed by atoms with Crippen molar-refractivity contribution < 1.29 is 17.9 Å². The van der Waals surface area contributed by atoms with Crippen molar-refractivity contribution in [2.75, 3.05) is 0 Å². The van der Waals surface area contributed by atoms with Gasteiger partial charge in [-0.15, -0.1) is 0 Å². The van der Waals surface area contributed by atoms with Gasteiger partial charge in [-0.3, -0.25) is 0 Å². The molecule has 1 aliphatic heterocycles. The molecule has 2 aromatic rings. The van der Waals surface area contributed by atoms with E-state index in [1.807, 2.05) is 0 Å². The van der Waals surface area contributed by atoms with Crippen LogP contribution in [0.3, 0.4) is 0 Å². The average Bonchev–Trinajstić information content (AvgIpc) is 3.17. The van der Waals surface area contributed by atoms with Gasteiger partial charge in [0.15, 0.2) is 0 Å². The first kappa shape index (κ1) is 12.2. The molecule has 0 bridgehead atoms. The highest BCUT2D eigenvalue weighted by atomic mass is 19.4. The van der Waals surface area contributed by atoms with Crippen LogP contribution >= 0.6 is 0 Å². The van der Waals surface area contributed by atoms with E-state index in [1.165, 1.54) is 12.1 Å². The first-order chi connectivity index (χ1) is 9.06. The first-order valence-corrected chi connectivity index (χ1v) is 5.91. The van der Waals surface area contributed by atoms with Crippen molar-refractivity contribution in [2.24, 2.45) is 0 Å². The molecule has 0 saturated carbocycles. The van der Waals surface area contributed by atoms with E-state index < -0.39 is 17.9 Å². The van der Waals surface area contributed by atoms with Crippen molar-refractivity contribution in [1.82, 2.24) is 0 Å². The molecular weight excluding hydrogens is 253 g/mol. The van der Waals surface area contributed by atoms with Crippen molar-refractivity contribution in [3.63, 3.8) is 0 Å². The van der Waals surface area contributed by atoms with E-state index in [0.717, 1.165) is 0 Å². The Morgan fingerprint density at radius 2 is 1.37 bits per heavy atom. The Hall–Kier alpha value is -1.81. The fourth-order valence-electron chi connectivity index (χ4n) is 2.37.